The molecule has 6 nitrogen and oxygen atoms in total. The summed E-state index contributed by atoms with van der Waals surface area (Å²) in [6.07, 6.45) is -0.258. The summed E-state index contributed by atoms with van der Waals surface area (Å²) in [5, 5.41) is 11.4. The van der Waals surface area contributed by atoms with Crippen LogP contribution in [0.1, 0.15) is 34.8 Å². The van der Waals surface area contributed by atoms with Gasteiger partial charge in [-0.1, -0.05) is 55.0 Å². The lowest BCUT2D eigenvalue weighted by molar-refractivity contribution is -0.136. The minimum absolute atomic E-state index is 0.237. The van der Waals surface area contributed by atoms with Crippen LogP contribution in [0.15, 0.2) is 48.5 Å². The molecule has 2 aliphatic heterocycles. The number of nitrogens with zero attached hydrogens (tertiary/aromatic N) is 3. The zero-order chi connectivity index (χ0) is 21.3. The summed E-state index contributed by atoms with van der Waals surface area (Å²) >= 11 is 0. The number of carbonyl (C=O) groups is 2. The van der Waals surface area contributed by atoms with E-state index in [1.807, 2.05) is 31.2 Å². The largest absolute Gasteiger partial charge is 0.375 e. The topological polar surface area (TPSA) is 64.1 Å². The smallest absolute Gasteiger partial charge is 0.265 e. The van der Waals surface area contributed by atoms with Gasteiger partial charge >= 0.3 is 0 Å². The lowest BCUT2D eigenvalue weighted by Gasteiger charge is -2.36. The molecule has 0 aromatic heterocycles. The first-order chi connectivity index (χ1) is 14.4. The Bertz CT molecular complexity index is 935. The monoisotopic (exact) mass is 407 g/mol. The Morgan fingerprint density at radius 2 is 1.63 bits per heavy atom. The van der Waals surface area contributed by atoms with Gasteiger partial charge in [0.25, 0.3) is 5.91 Å². The molecule has 6 heteroatoms. The minimum Gasteiger partial charge on any atom is -0.375 e. The minimum atomic E-state index is -1.83. The van der Waals surface area contributed by atoms with Gasteiger partial charge in [0.05, 0.1) is 18.8 Å². The molecule has 2 aliphatic rings. The Kier molecular flexibility index (Phi) is 5.73. The first-order valence-corrected chi connectivity index (χ1v) is 10.6. The Labute approximate surface area is 177 Å². The van der Waals surface area contributed by atoms with E-state index in [4.69, 9.17) is 0 Å². The first-order valence-electron chi connectivity index (χ1n) is 10.6. The van der Waals surface area contributed by atoms with E-state index in [9.17, 15) is 14.7 Å². The third-order valence-corrected chi connectivity index (χ3v) is 6.28. The van der Waals surface area contributed by atoms with Crippen LogP contribution < -0.4 is 4.90 Å². The van der Waals surface area contributed by atoms with Crippen LogP contribution in [0.3, 0.4) is 0 Å². The molecule has 0 spiro atoms. The number of amides is 1. The summed E-state index contributed by atoms with van der Waals surface area (Å²) in [7, 11) is 0. The second-order valence-corrected chi connectivity index (χ2v) is 8.27. The van der Waals surface area contributed by atoms with Crippen LogP contribution in [0.25, 0.3) is 0 Å². The SMILES string of the molecule is CCN1CCN(CN2C(=O)[C@@](O)(CC(=O)c3ccc(C)cc3)c3ccccc32)CC1. The standard InChI is InChI=1S/C24H29N3O3/c1-3-25-12-14-26(15-13-25)17-27-21-7-5-4-6-20(21)24(30,23(27)29)16-22(28)19-10-8-18(2)9-11-19/h4-11,30H,3,12-17H2,1-2H3/t24-/m1/s1. The molecule has 0 radical (unpaired) electrons. The van der Waals surface area contributed by atoms with Crippen molar-refractivity contribution >= 4 is 17.4 Å². The first kappa shape index (κ1) is 20.7. The van der Waals surface area contributed by atoms with Gasteiger partial charge in [-0.25, -0.2) is 0 Å². The summed E-state index contributed by atoms with van der Waals surface area (Å²) in [5.41, 5.74) is 0.946. The molecule has 1 fully saturated rings. The van der Waals surface area contributed by atoms with Crippen LogP contribution in [-0.4, -0.2) is 66.0 Å². The van der Waals surface area contributed by atoms with Gasteiger partial charge in [0.1, 0.15) is 0 Å². The summed E-state index contributed by atoms with van der Waals surface area (Å²) in [4.78, 5) is 32.5. The van der Waals surface area contributed by atoms with Crippen LogP contribution in [0, 0.1) is 6.92 Å². The van der Waals surface area contributed by atoms with Gasteiger partial charge in [0.15, 0.2) is 11.4 Å². The van der Waals surface area contributed by atoms with Crippen LogP contribution >= 0.6 is 0 Å². The van der Waals surface area contributed by atoms with Crippen LogP contribution in [0.4, 0.5) is 5.69 Å². The number of aryl methyl sites for hydroxylation is 1. The maximum Gasteiger partial charge on any atom is 0.265 e. The average Bonchev–Trinajstić information content (AvgIpc) is 2.97. The number of carbonyl (C=O) groups excluding carboxylic acids is 2. The molecule has 1 amide bonds. The third kappa shape index (κ3) is 3.78. The highest BCUT2D eigenvalue weighted by molar-refractivity contribution is 6.10. The number of fused-ring (bicyclic) bond motifs is 1. The number of benzene rings is 2. The summed E-state index contributed by atoms with van der Waals surface area (Å²) in [6, 6.07) is 14.5. The number of Topliss-reactive ketones (excluding diaryl/α,β-unsaturated/α-hetero) is 1. The molecule has 4 rings (SSSR count). The van der Waals surface area contributed by atoms with E-state index in [0.29, 0.717) is 23.5 Å². The molecule has 2 aromatic rings. The van der Waals surface area contributed by atoms with Gasteiger partial charge in [-0.3, -0.25) is 19.4 Å². The summed E-state index contributed by atoms with van der Waals surface area (Å²) in [6.45, 7) is 9.25. The second-order valence-electron chi connectivity index (χ2n) is 8.27. The van der Waals surface area contributed by atoms with Gasteiger partial charge in [0, 0.05) is 37.3 Å². The van der Waals surface area contributed by atoms with Crippen molar-refractivity contribution in [3.63, 3.8) is 0 Å². The zero-order valence-electron chi connectivity index (χ0n) is 17.7. The van der Waals surface area contributed by atoms with Gasteiger partial charge in [0.2, 0.25) is 0 Å². The molecule has 2 aromatic carbocycles. The molecule has 2 heterocycles. The molecular formula is C24H29N3O3. The number of likely N-dealkylation sites (N-methyl/N-ethyl adjacent to an activating group) is 1. The Hall–Kier alpha value is -2.54. The highest BCUT2D eigenvalue weighted by atomic mass is 16.3. The number of aliphatic hydroxyl groups is 1. The second kappa shape index (κ2) is 8.30. The Balaban J connectivity index is 1.56. The molecule has 1 saturated heterocycles. The van der Waals surface area contributed by atoms with Crippen molar-refractivity contribution in [2.75, 3.05) is 44.3 Å². The lowest BCUT2D eigenvalue weighted by atomic mass is 9.88. The van der Waals surface area contributed by atoms with E-state index in [2.05, 4.69) is 16.7 Å². The fourth-order valence-electron chi connectivity index (χ4n) is 4.34. The molecular weight excluding hydrogens is 378 g/mol. The zero-order valence-corrected chi connectivity index (χ0v) is 17.7. The fraction of sp³-hybridized carbons (Fsp3) is 0.417. The number of hydrogen-bond donors (Lipinski definition) is 1. The lowest BCUT2D eigenvalue weighted by Crippen LogP contribution is -2.52. The summed E-state index contributed by atoms with van der Waals surface area (Å²) in [5.74, 6) is -0.652. The quantitative estimate of drug-likeness (QED) is 0.745. The summed E-state index contributed by atoms with van der Waals surface area (Å²) < 4.78 is 0. The highest BCUT2D eigenvalue weighted by Gasteiger charge is 2.51. The third-order valence-electron chi connectivity index (χ3n) is 6.28. The predicted octanol–water partition coefficient (Wildman–Crippen LogP) is 2.40. The fourth-order valence-corrected chi connectivity index (χ4v) is 4.34. The number of ketones is 1. The molecule has 30 heavy (non-hydrogen) atoms. The van der Waals surface area contributed by atoms with Gasteiger partial charge in [-0.05, 0) is 19.5 Å². The van der Waals surface area contributed by atoms with Crippen molar-refractivity contribution in [3.05, 3.63) is 65.2 Å². The normalized spacial score (nSPS) is 22.4. The van der Waals surface area contributed by atoms with Crippen molar-refractivity contribution in [3.8, 4) is 0 Å². The van der Waals surface area contributed by atoms with E-state index >= 15 is 0 Å². The van der Waals surface area contributed by atoms with Crippen molar-refractivity contribution in [2.24, 2.45) is 0 Å². The van der Waals surface area contributed by atoms with Crippen molar-refractivity contribution < 1.29 is 14.7 Å². The van der Waals surface area contributed by atoms with Crippen molar-refractivity contribution in [1.29, 1.82) is 0 Å². The average molecular weight is 408 g/mol. The van der Waals surface area contributed by atoms with Gasteiger partial charge in [-0.15, -0.1) is 0 Å². The number of piperazine rings is 1. The maximum atomic E-state index is 13.4. The van der Waals surface area contributed by atoms with Gasteiger partial charge < -0.3 is 10.0 Å². The number of rotatable bonds is 6. The van der Waals surface area contributed by atoms with Crippen LogP contribution in [0.2, 0.25) is 0 Å². The number of anilines is 1. The van der Waals surface area contributed by atoms with Gasteiger partial charge in [-0.2, -0.15) is 0 Å². The van der Waals surface area contributed by atoms with Crippen molar-refractivity contribution in [1.82, 2.24) is 9.80 Å². The van der Waals surface area contributed by atoms with Crippen LogP contribution in [-0.2, 0) is 10.4 Å². The number of hydrogen-bond acceptors (Lipinski definition) is 5. The van der Waals surface area contributed by atoms with E-state index in [0.717, 1.165) is 38.3 Å². The molecule has 0 bridgehead atoms. The number of para-hydroxylation sites is 1. The molecule has 1 atom stereocenters. The molecule has 0 aliphatic carbocycles. The van der Waals surface area contributed by atoms with Crippen molar-refractivity contribution in [2.45, 2.75) is 25.9 Å². The van der Waals surface area contributed by atoms with E-state index < -0.39 is 11.5 Å². The molecule has 0 saturated carbocycles. The molecule has 158 valence electrons. The maximum absolute atomic E-state index is 13.4. The van der Waals surface area contributed by atoms with Crippen LogP contribution in [0.5, 0.6) is 0 Å². The molecule has 1 N–H and O–H groups in total. The Morgan fingerprint density at radius 1 is 1.00 bits per heavy atom. The van der Waals surface area contributed by atoms with E-state index in [1.54, 1.807) is 29.2 Å². The predicted molar refractivity (Wildman–Crippen MR) is 117 cm³/mol. The van der Waals surface area contributed by atoms with E-state index in [-0.39, 0.29) is 12.2 Å². The molecule has 0 unspecified atom stereocenters. The van der Waals surface area contributed by atoms with E-state index in [1.165, 1.54) is 0 Å². The highest BCUT2D eigenvalue weighted by Crippen LogP contribution is 2.42. The Morgan fingerprint density at radius 3 is 2.30 bits per heavy atom.